The van der Waals surface area contributed by atoms with Crippen molar-refractivity contribution < 1.29 is 9.59 Å². The molecule has 0 bridgehead atoms. The van der Waals surface area contributed by atoms with Gasteiger partial charge in [-0.2, -0.15) is 0 Å². The number of carbonyl (C=O) groups is 2. The Balaban J connectivity index is 2.16. The Labute approximate surface area is 144 Å². The lowest BCUT2D eigenvalue weighted by Gasteiger charge is -2.11. The van der Waals surface area contributed by atoms with Gasteiger partial charge in [0.1, 0.15) is 0 Å². The maximum Gasteiger partial charge on any atom is 0.251 e. The molecule has 4 nitrogen and oxygen atoms in total. The Bertz CT molecular complexity index is 685. The number of benzene rings is 1. The fraction of sp³-hybridized carbons (Fsp3) is 0.500. The van der Waals surface area contributed by atoms with Gasteiger partial charge in [-0.1, -0.05) is 31.6 Å². The lowest BCUT2D eigenvalue weighted by atomic mass is 10.1. The number of hydrogen-bond acceptors (Lipinski definition) is 2. The van der Waals surface area contributed by atoms with Crippen molar-refractivity contribution in [2.45, 2.75) is 41.5 Å². The molecule has 0 saturated heterocycles. The van der Waals surface area contributed by atoms with Gasteiger partial charge < -0.3 is 10.6 Å². The van der Waals surface area contributed by atoms with E-state index in [-0.39, 0.29) is 29.1 Å². The van der Waals surface area contributed by atoms with Gasteiger partial charge in [0, 0.05) is 17.8 Å². The third kappa shape index (κ3) is 3.69. The molecule has 2 atom stereocenters. The molecule has 2 unspecified atom stereocenters. The predicted octanol–water partition coefficient (Wildman–Crippen LogP) is 3.92. The van der Waals surface area contributed by atoms with Gasteiger partial charge in [-0.25, -0.2) is 0 Å². The summed E-state index contributed by atoms with van der Waals surface area (Å²) in [5.41, 5.74) is 3.44. The molecule has 1 fully saturated rings. The van der Waals surface area contributed by atoms with Crippen LogP contribution in [0, 0.1) is 24.2 Å². The number of rotatable bonds is 5. The summed E-state index contributed by atoms with van der Waals surface area (Å²) in [6, 6.07) is 5.40. The molecule has 0 heterocycles. The van der Waals surface area contributed by atoms with Gasteiger partial charge in [-0.05, 0) is 56.7 Å². The quantitative estimate of drug-likeness (QED) is 0.805. The van der Waals surface area contributed by atoms with Crippen molar-refractivity contribution in [3.05, 3.63) is 41.0 Å². The Morgan fingerprint density at radius 2 is 1.92 bits per heavy atom. The zero-order chi connectivity index (χ0) is 18.1. The van der Waals surface area contributed by atoms with E-state index in [0.29, 0.717) is 17.8 Å². The van der Waals surface area contributed by atoms with E-state index in [9.17, 15) is 9.59 Å². The van der Waals surface area contributed by atoms with Crippen molar-refractivity contribution >= 4 is 17.5 Å². The average molecular weight is 328 g/mol. The van der Waals surface area contributed by atoms with Gasteiger partial charge in [-0.3, -0.25) is 9.59 Å². The highest BCUT2D eigenvalue weighted by Gasteiger charge is 2.60. The highest BCUT2D eigenvalue weighted by molar-refractivity contribution is 5.99. The van der Waals surface area contributed by atoms with Crippen LogP contribution in [0.25, 0.3) is 0 Å². The van der Waals surface area contributed by atoms with Crippen LogP contribution in [-0.4, -0.2) is 18.4 Å². The minimum atomic E-state index is -0.123. The fourth-order valence-corrected chi connectivity index (χ4v) is 3.22. The van der Waals surface area contributed by atoms with Gasteiger partial charge in [0.05, 0.1) is 5.92 Å². The maximum absolute atomic E-state index is 12.7. The van der Waals surface area contributed by atoms with Gasteiger partial charge >= 0.3 is 0 Å². The summed E-state index contributed by atoms with van der Waals surface area (Å²) < 4.78 is 0. The molecular weight excluding hydrogens is 300 g/mol. The average Bonchev–Trinajstić information content (AvgIpc) is 3.01. The molecule has 1 aromatic rings. The molecule has 0 aromatic heterocycles. The van der Waals surface area contributed by atoms with Gasteiger partial charge in [0.25, 0.3) is 5.91 Å². The van der Waals surface area contributed by atoms with E-state index in [1.54, 1.807) is 12.1 Å². The summed E-state index contributed by atoms with van der Waals surface area (Å²) in [5, 5.41) is 5.80. The lowest BCUT2D eigenvalue weighted by Crippen LogP contribution is -2.23. The first kappa shape index (κ1) is 18.2. The van der Waals surface area contributed by atoms with E-state index in [2.05, 4.69) is 44.4 Å². The molecular formula is C20H28N2O2. The van der Waals surface area contributed by atoms with E-state index in [4.69, 9.17) is 0 Å². The van der Waals surface area contributed by atoms with Gasteiger partial charge in [-0.15, -0.1) is 0 Å². The first-order valence-electron chi connectivity index (χ1n) is 8.53. The zero-order valence-corrected chi connectivity index (χ0v) is 15.5. The van der Waals surface area contributed by atoms with Crippen LogP contribution in [0.15, 0.2) is 29.8 Å². The van der Waals surface area contributed by atoms with Gasteiger partial charge in [0.2, 0.25) is 5.91 Å². The molecule has 1 saturated carbocycles. The van der Waals surface area contributed by atoms with Crippen molar-refractivity contribution in [3.63, 3.8) is 0 Å². The van der Waals surface area contributed by atoms with Gasteiger partial charge in [0.15, 0.2) is 0 Å². The Kier molecular flexibility index (Phi) is 5.16. The highest BCUT2D eigenvalue weighted by Crippen LogP contribution is 2.59. The van der Waals surface area contributed by atoms with Crippen molar-refractivity contribution in [1.29, 1.82) is 0 Å². The normalized spacial score (nSPS) is 20.9. The number of anilines is 1. The molecule has 0 spiro atoms. The SMILES string of the molecule is CCNC(=O)c1ccc(C)c(NC(=O)C2C(C=C(C)C)C2(C)C)c1. The number of aryl methyl sites for hydroxylation is 1. The van der Waals surface area contributed by atoms with Crippen molar-refractivity contribution in [2.75, 3.05) is 11.9 Å². The van der Waals surface area contributed by atoms with Crippen molar-refractivity contribution in [2.24, 2.45) is 17.3 Å². The number of allylic oxidation sites excluding steroid dienone is 2. The first-order valence-corrected chi connectivity index (χ1v) is 8.53. The molecule has 130 valence electrons. The topological polar surface area (TPSA) is 58.2 Å². The summed E-state index contributed by atoms with van der Waals surface area (Å²) in [5.74, 6) is 0.148. The minimum Gasteiger partial charge on any atom is -0.352 e. The third-order valence-electron chi connectivity index (χ3n) is 4.80. The number of carbonyl (C=O) groups excluding carboxylic acids is 2. The summed E-state index contributed by atoms with van der Waals surface area (Å²) in [4.78, 5) is 24.7. The first-order chi connectivity index (χ1) is 11.2. The number of nitrogens with one attached hydrogen (secondary N) is 2. The van der Waals surface area contributed by atoms with Crippen LogP contribution in [0.1, 0.15) is 50.5 Å². The summed E-state index contributed by atoms with van der Waals surface area (Å²) in [6.07, 6.45) is 2.18. The maximum atomic E-state index is 12.7. The van der Waals surface area contributed by atoms with E-state index in [1.165, 1.54) is 5.57 Å². The van der Waals surface area contributed by atoms with Crippen LogP contribution in [0.4, 0.5) is 5.69 Å². The smallest absolute Gasteiger partial charge is 0.251 e. The molecule has 2 N–H and O–H groups in total. The Morgan fingerprint density at radius 1 is 1.25 bits per heavy atom. The zero-order valence-electron chi connectivity index (χ0n) is 15.5. The molecule has 1 aliphatic rings. The second-order valence-corrected chi connectivity index (χ2v) is 7.45. The Hall–Kier alpha value is -2.10. The molecule has 2 amide bonds. The van der Waals surface area contributed by atoms with Crippen molar-refractivity contribution in [1.82, 2.24) is 5.32 Å². The van der Waals surface area contributed by atoms with Crippen LogP contribution in [0.2, 0.25) is 0 Å². The summed E-state index contributed by atoms with van der Waals surface area (Å²) in [6.45, 7) is 12.8. The van der Waals surface area contributed by atoms with Crippen LogP contribution in [-0.2, 0) is 4.79 Å². The Morgan fingerprint density at radius 3 is 2.50 bits per heavy atom. The standard InChI is InChI=1S/C20H28N2O2/c1-7-21-18(23)14-9-8-13(4)16(11-14)22-19(24)17-15(10-12(2)3)20(17,5)6/h8-11,15,17H,7H2,1-6H3,(H,21,23)(H,22,24). The number of amides is 2. The molecule has 1 aromatic carbocycles. The summed E-state index contributed by atoms with van der Waals surface area (Å²) in [7, 11) is 0. The molecule has 0 radical (unpaired) electrons. The number of hydrogen-bond donors (Lipinski definition) is 2. The lowest BCUT2D eigenvalue weighted by molar-refractivity contribution is -0.118. The van der Waals surface area contributed by atoms with Crippen molar-refractivity contribution in [3.8, 4) is 0 Å². The minimum absolute atomic E-state index is 0.0214. The van der Waals surface area contributed by atoms with Crippen LogP contribution in [0.5, 0.6) is 0 Å². The van der Waals surface area contributed by atoms with E-state index >= 15 is 0 Å². The third-order valence-corrected chi connectivity index (χ3v) is 4.80. The molecule has 24 heavy (non-hydrogen) atoms. The largest absolute Gasteiger partial charge is 0.352 e. The predicted molar refractivity (Wildman–Crippen MR) is 98.0 cm³/mol. The molecule has 0 aliphatic heterocycles. The summed E-state index contributed by atoms with van der Waals surface area (Å²) >= 11 is 0. The van der Waals surface area contributed by atoms with Crippen LogP contribution >= 0.6 is 0 Å². The second-order valence-electron chi connectivity index (χ2n) is 7.45. The van der Waals surface area contributed by atoms with E-state index in [0.717, 1.165) is 5.56 Å². The highest BCUT2D eigenvalue weighted by atomic mass is 16.2. The van der Waals surface area contributed by atoms with E-state index < -0.39 is 0 Å². The molecule has 4 heteroatoms. The molecule has 2 rings (SSSR count). The van der Waals surface area contributed by atoms with Crippen LogP contribution < -0.4 is 10.6 Å². The van der Waals surface area contributed by atoms with E-state index in [1.807, 2.05) is 19.9 Å². The molecule has 1 aliphatic carbocycles. The monoisotopic (exact) mass is 328 g/mol. The van der Waals surface area contributed by atoms with Crippen LogP contribution in [0.3, 0.4) is 0 Å². The fourth-order valence-electron chi connectivity index (χ4n) is 3.22. The second kappa shape index (κ2) is 6.80.